The van der Waals surface area contributed by atoms with Gasteiger partial charge in [0.15, 0.2) is 0 Å². The third-order valence-electron chi connectivity index (χ3n) is 3.64. The summed E-state index contributed by atoms with van der Waals surface area (Å²) in [6, 6.07) is 3.99. The van der Waals surface area contributed by atoms with E-state index in [1.807, 2.05) is 22.4 Å². The maximum atomic E-state index is 12.2. The number of amides is 1. The van der Waals surface area contributed by atoms with E-state index in [0.29, 0.717) is 24.1 Å². The van der Waals surface area contributed by atoms with E-state index in [1.54, 1.807) is 18.3 Å². The van der Waals surface area contributed by atoms with Gasteiger partial charge in [0.05, 0.1) is 6.42 Å². The molecule has 3 heterocycles. The van der Waals surface area contributed by atoms with Crippen LogP contribution in [0.2, 0.25) is 0 Å². The average molecular weight is 291 g/mol. The van der Waals surface area contributed by atoms with Gasteiger partial charge in [0.1, 0.15) is 0 Å². The minimum Gasteiger partial charge on any atom is -0.425 e. The molecule has 0 spiro atoms. The van der Waals surface area contributed by atoms with Crippen molar-refractivity contribution < 1.29 is 9.21 Å². The number of nitrogens with zero attached hydrogens (tertiary/aromatic N) is 3. The van der Waals surface area contributed by atoms with Gasteiger partial charge in [-0.3, -0.25) is 4.79 Å². The molecule has 2 aromatic heterocycles. The standard InChI is InChI=1S/C14H17N3O2S/c1-10-15-16-14(19-10)11-4-6-17(7-5-11)13(18)9-12-3-2-8-20-12/h2-3,8,11H,4-7,9H2,1H3. The first-order chi connectivity index (χ1) is 9.72. The van der Waals surface area contributed by atoms with E-state index in [9.17, 15) is 4.79 Å². The smallest absolute Gasteiger partial charge is 0.227 e. The molecule has 106 valence electrons. The molecule has 5 nitrogen and oxygen atoms in total. The Balaban J connectivity index is 1.54. The Morgan fingerprint density at radius 2 is 2.25 bits per heavy atom. The number of carbonyl (C=O) groups is 1. The van der Waals surface area contributed by atoms with Crippen LogP contribution in [0, 0.1) is 6.92 Å². The Kier molecular flexibility index (Phi) is 3.82. The van der Waals surface area contributed by atoms with Gasteiger partial charge in [-0.2, -0.15) is 0 Å². The first-order valence-electron chi connectivity index (χ1n) is 6.82. The van der Waals surface area contributed by atoms with E-state index in [2.05, 4.69) is 10.2 Å². The maximum Gasteiger partial charge on any atom is 0.227 e. The lowest BCUT2D eigenvalue weighted by atomic mass is 9.96. The van der Waals surface area contributed by atoms with Crippen LogP contribution in [-0.4, -0.2) is 34.1 Å². The summed E-state index contributed by atoms with van der Waals surface area (Å²) in [5.41, 5.74) is 0. The average Bonchev–Trinajstić information content (AvgIpc) is 3.10. The molecule has 1 aliphatic heterocycles. The van der Waals surface area contributed by atoms with Crippen molar-refractivity contribution in [3.8, 4) is 0 Å². The van der Waals surface area contributed by atoms with E-state index >= 15 is 0 Å². The van der Waals surface area contributed by atoms with Crippen molar-refractivity contribution in [2.75, 3.05) is 13.1 Å². The number of hydrogen-bond donors (Lipinski definition) is 0. The predicted molar refractivity (Wildman–Crippen MR) is 75.6 cm³/mol. The topological polar surface area (TPSA) is 59.2 Å². The molecule has 0 aromatic carbocycles. The molecule has 0 aliphatic carbocycles. The number of piperidine rings is 1. The second-order valence-corrected chi connectivity index (χ2v) is 6.10. The summed E-state index contributed by atoms with van der Waals surface area (Å²) in [7, 11) is 0. The first kappa shape index (κ1) is 13.3. The summed E-state index contributed by atoms with van der Waals surface area (Å²) >= 11 is 1.63. The molecule has 1 aliphatic rings. The molecule has 0 radical (unpaired) electrons. The molecule has 0 atom stereocenters. The highest BCUT2D eigenvalue weighted by Gasteiger charge is 2.27. The molecular formula is C14H17N3O2S. The normalized spacial score (nSPS) is 16.6. The Morgan fingerprint density at radius 1 is 1.45 bits per heavy atom. The minimum atomic E-state index is 0.215. The van der Waals surface area contributed by atoms with Crippen LogP contribution in [0.15, 0.2) is 21.9 Å². The van der Waals surface area contributed by atoms with Gasteiger partial charge in [0.2, 0.25) is 17.7 Å². The summed E-state index contributed by atoms with van der Waals surface area (Å²) in [5.74, 6) is 1.83. The lowest BCUT2D eigenvalue weighted by Crippen LogP contribution is -2.38. The van der Waals surface area contributed by atoms with Gasteiger partial charge in [0, 0.05) is 30.8 Å². The highest BCUT2D eigenvalue weighted by Crippen LogP contribution is 2.27. The number of hydrogen-bond acceptors (Lipinski definition) is 5. The van der Waals surface area contributed by atoms with Crippen LogP contribution in [0.25, 0.3) is 0 Å². The minimum absolute atomic E-state index is 0.215. The largest absolute Gasteiger partial charge is 0.425 e. The molecule has 3 rings (SSSR count). The Hall–Kier alpha value is -1.69. The molecule has 0 bridgehead atoms. The van der Waals surface area contributed by atoms with Crippen LogP contribution in [0.4, 0.5) is 0 Å². The van der Waals surface area contributed by atoms with Gasteiger partial charge in [-0.1, -0.05) is 6.07 Å². The van der Waals surface area contributed by atoms with Gasteiger partial charge in [-0.05, 0) is 24.3 Å². The molecule has 0 N–H and O–H groups in total. The van der Waals surface area contributed by atoms with Crippen molar-refractivity contribution in [1.82, 2.24) is 15.1 Å². The third kappa shape index (κ3) is 2.90. The zero-order chi connectivity index (χ0) is 13.9. The van der Waals surface area contributed by atoms with Crippen molar-refractivity contribution in [3.05, 3.63) is 34.2 Å². The molecule has 0 saturated carbocycles. The summed E-state index contributed by atoms with van der Waals surface area (Å²) in [4.78, 5) is 15.3. The van der Waals surface area contributed by atoms with Crippen LogP contribution >= 0.6 is 11.3 Å². The lowest BCUT2D eigenvalue weighted by Gasteiger charge is -2.30. The first-order valence-corrected chi connectivity index (χ1v) is 7.70. The summed E-state index contributed by atoms with van der Waals surface area (Å²) in [6.07, 6.45) is 2.32. The van der Waals surface area contributed by atoms with Crippen molar-refractivity contribution in [3.63, 3.8) is 0 Å². The number of thiophene rings is 1. The van der Waals surface area contributed by atoms with E-state index < -0.39 is 0 Å². The summed E-state index contributed by atoms with van der Waals surface area (Å²) < 4.78 is 5.48. The third-order valence-corrected chi connectivity index (χ3v) is 4.52. The molecule has 2 aromatic rings. The van der Waals surface area contributed by atoms with Crippen molar-refractivity contribution in [2.45, 2.75) is 32.1 Å². The Bertz CT molecular complexity index is 571. The molecule has 1 amide bonds. The number of carbonyl (C=O) groups excluding carboxylic acids is 1. The Labute approximate surface area is 121 Å². The van der Waals surface area contributed by atoms with Gasteiger partial charge in [0.25, 0.3) is 0 Å². The van der Waals surface area contributed by atoms with Crippen LogP contribution in [-0.2, 0) is 11.2 Å². The van der Waals surface area contributed by atoms with Crippen LogP contribution in [0.1, 0.15) is 35.4 Å². The summed E-state index contributed by atoms with van der Waals surface area (Å²) in [6.45, 7) is 3.35. The monoisotopic (exact) mass is 291 g/mol. The van der Waals surface area contributed by atoms with Crippen LogP contribution in [0.5, 0.6) is 0 Å². The van der Waals surface area contributed by atoms with Crippen molar-refractivity contribution >= 4 is 17.2 Å². The SMILES string of the molecule is Cc1nnc(C2CCN(C(=O)Cc3cccs3)CC2)o1. The van der Waals surface area contributed by atoms with Crippen LogP contribution in [0.3, 0.4) is 0 Å². The lowest BCUT2D eigenvalue weighted by molar-refractivity contribution is -0.131. The number of likely N-dealkylation sites (tertiary alicyclic amines) is 1. The number of rotatable bonds is 3. The maximum absolute atomic E-state index is 12.2. The number of aromatic nitrogens is 2. The molecule has 1 saturated heterocycles. The second-order valence-electron chi connectivity index (χ2n) is 5.07. The molecular weight excluding hydrogens is 274 g/mol. The van der Waals surface area contributed by atoms with Crippen LogP contribution < -0.4 is 0 Å². The zero-order valence-corrected chi connectivity index (χ0v) is 12.2. The van der Waals surface area contributed by atoms with E-state index in [4.69, 9.17) is 4.42 Å². The van der Waals surface area contributed by atoms with E-state index in [-0.39, 0.29) is 5.91 Å². The highest BCUT2D eigenvalue weighted by molar-refractivity contribution is 7.10. The molecule has 0 unspecified atom stereocenters. The number of aryl methyl sites for hydroxylation is 1. The van der Waals surface area contributed by atoms with Gasteiger partial charge in [-0.25, -0.2) is 0 Å². The molecule has 20 heavy (non-hydrogen) atoms. The fourth-order valence-corrected chi connectivity index (χ4v) is 3.22. The van der Waals surface area contributed by atoms with Gasteiger partial charge >= 0.3 is 0 Å². The second kappa shape index (κ2) is 5.75. The van der Waals surface area contributed by atoms with Gasteiger partial charge < -0.3 is 9.32 Å². The zero-order valence-electron chi connectivity index (χ0n) is 11.4. The van der Waals surface area contributed by atoms with E-state index in [0.717, 1.165) is 30.8 Å². The summed E-state index contributed by atoms with van der Waals surface area (Å²) in [5, 5.41) is 9.96. The van der Waals surface area contributed by atoms with Crippen molar-refractivity contribution in [1.29, 1.82) is 0 Å². The Morgan fingerprint density at radius 3 is 2.85 bits per heavy atom. The molecule has 1 fully saturated rings. The molecule has 6 heteroatoms. The van der Waals surface area contributed by atoms with Gasteiger partial charge in [-0.15, -0.1) is 21.5 Å². The van der Waals surface area contributed by atoms with E-state index in [1.165, 1.54) is 0 Å². The fourth-order valence-electron chi connectivity index (χ4n) is 2.53. The van der Waals surface area contributed by atoms with Crippen molar-refractivity contribution in [2.24, 2.45) is 0 Å². The quantitative estimate of drug-likeness (QED) is 0.871. The highest BCUT2D eigenvalue weighted by atomic mass is 32.1. The predicted octanol–water partition coefficient (Wildman–Crippen LogP) is 2.39. The fraction of sp³-hybridized carbons (Fsp3) is 0.500.